The predicted molar refractivity (Wildman–Crippen MR) is 77.5 cm³/mol. The van der Waals surface area contributed by atoms with Crippen molar-refractivity contribution in [3.8, 4) is 0 Å². The van der Waals surface area contributed by atoms with Gasteiger partial charge in [0.1, 0.15) is 11.6 Å². The van der Waals surface area contributed by atoms with Gasteiger partial charge in [-0.25, -0.2) is 19.2 Å². The molecule has 0 saturated carbocycles. The van der Waals surface area contributed by atoms with Gasteiger partial charge >= 0.3 is 5.97 Å². The highest BCUT2D eigenvalue weighted by molar-refractivity contribution is 5.93. The van der Waals surface area contributed by atoms with Crippen LogP contribution in [-0.2, 0) is 0 Å². The Morgan fingerprint density at radius 3 is 2.67 bits per heavy atom. The molecule has 0 atom stereocenters. The second-order valence-corrected chi connectivity index (χ2v) is 4.96. The molecule has 2 rings (SSSR count). The third kappa shape index (κ3) is 3.16. The SMILES string of the molecule is CC(C)c1ncc(N(C)c2cccc(F)c2)c(C(=O)O)n1. The van der Waals surface area contributed by atoms with Crippen LogP contribution in [0.25, 0.3) is 0 Å². The normalized spacial score (nSPS) is 10.7. The first kappa shape index (κ1) is 14.9. The van der Waals surface area contributed by atoms with Crippen molar-refractivity contribution in [1.82, 2.24) is 9.97 Å². The van der Waals surface area contributed by atoms with Crippen molar-refractivity contribution < 1.29 is 14.3 Å². The molecule has 21 heavy (non-hydrogen) atoms. The third-order valence-electron chi connectivity index (χ3n) is 3.06. The maximum absolute atomic E-state index is 13.3. The van der Waals surface area contributed by atoms with E-state index in [0.29, 0.717) is 17.2 Å². The summed E-state index contributed by atoms with van der Waals surface area (Å²) in [5.74, 6) is -1.05. The van der Waals surface area contributed by atoms with E-state index in [4.69, 9.17) is 0 Å². The first-order valence-electron chi connectivity index (χ1n) is 6.49. The number of benzene rings is 1. The summed E-state index contributed by atoms with van der Waals surface area (Å²) >= 11 is 0. The van der Waals surface area contributed by atoms with Crippen molar-refractivity contribution in [2.45, 2.75) is 19.8 Å². The number of carbonyl (C=O) groups is 1. The van der Waals surface area contributed by atoms with E-state index < -0.39 is 11.8 Å². The summed E-state index contributed by atoms with van der Waals surface area (Å²) in [6.45, 7) is 3.77. The van der Waals surface area contributed by atoms with Crippen molar-refractivity contribution >= 4 is 17.3 Å². The summed E-state index contributed by atoms with van der Waals surface area (Å²) in [7, 11) is 1.65. The van der Waals surface area contributed by atoms with Gasteiger partial charge in [-0.3, -0.25) is 0 Å². The topological polar surface area (TPSA) is 66.3 Å². The average molecular weight is 289 g/mol. The molecule has 0 aliphatic heterocycles. The molecule has 6 heteroatoms. The quantitative estimate of drug-likeness (QED) is 0.936. The number of rotatable bonds is 4. The molecule has 0 radical (unpaired) electrons. The Kier molecular flexibility index (Phi) is 4.16. The van der Waals surface area contributed by atoms with Gasteiger partial charge in [-0.1, -0.05) is 19.9 Å². The van der Waals surface area contributed by atoms with Crippen molar-refractivity contribution in [2.24, 2.45) is 0 Å². The molecule has 0 aliphatic carbocycles. The van der Waals surface area contributed by atoms with E-state index in [1.807, 2.05) is 13.8 Å². The number of anilines is 2. The van der Waals surface area contributed by atoms with Gasteiger partial charge in [-0.05, 0) is 18.2 Å². The van der Waals surface area contributed by atoms with Gasteiger partial charge in [0.05, 0.1) is 11.9 Å². The van der Waals surface area contributed by atoms with Crippen molar-refractivity contribution in [2.75, 3.05) is 11.9 Å². The molecule has 0 spiro atoms. The highest BCUT2D eigenvalue weighted by atomic mass is 19.1. The maximum Gasteiger partial charge on any atom is 0.356 e. The van der Waals surface area contributed by atoms with Crippen LogP contribution in [0, 0.1) is 5.82 Å². The van der Waals surface area contributed by atoms with E-state index in [9.17, 15) is 14.3 Å². The summed E-state index contributed by atoms with van der Waals surface area (Å²) in [5, 5.41) is 9.33. The molecule has 1 aromatic carbocycles. The molecule has 1 N–H and O–H groups in total. The molecule has 1 aromatic heterocycles. The molecular formula is C15H16FN3O2. The van der Waals surface area contributed by atoms with E-state index in [1.54, 1.807) is 24.1 Å². The number of carboxylic acids is 1. The minimum atomic E-state index is -1.14. The predicted octanol–water partition coefficient (Wildman–Crippen LogP) is 3.21. The summed E-state index contributed by atoms with van der Waals surface area (Å²) in [4.78, 5) is 21.2. The minimum Gasteiger partial charge on any atom is -0.476 e. The summed E-state index contributed by atoms with van der Waals surface area (Å²) in [6, 6.07) is 5.89. The van der Waals surface area contributed by atoms with Crippen LogP contribution < -0.4 is 4.90 Å². The van der Waals surface area contributed by atoms with Gasteiger partial charge in [-0.15, -0.1) is 0 Å². The zero-order valence-electron chi connectivity index (χ0n) is 12.0. The molecule has 0 unspecified atom stereocenters. The maximum atomic E-state index is 13.3. The summed E-state index contributed by atoms with van der Waals surface area (Å²) < 4.78 is 13.3. The lowest BCUT2D eigenvalue weighted by atomic mass is 10.2. The number of aromatic carboxylic acids is 1. The molecule has 0 fully saturated rings. The fourth-order valence-corrected chi connectivity index (χ4v) is 1.89. The van der Waals surface area contributed by atoms with Crippen LogP contribution in [0.2, 0.25) is 0 Å². The van der Waals surface area contributed by atoms with Crippen LogP contribution in [0.5, 0.6) is 0 Å². The van der Waals surface area contributed by atoms with Crippen LogP contribution in [0.15, 0.2) is 30.5 Å². The van der Waals surface area contributed by atoms with Crippen LogP contribution in [0.4, 0.5) is 15.8 Å². The Balaban J connectivity index is 2.50. The van der Waals surface area contributed by atoms with Gasteiger partial charge < -0.3 is 10.0 Å². The molecule has 5 nitrogen and oxygen atoms in total. The van der Waals surface area contributed by atoms with E-state index >= 15 is 0 Å². The first-order chi connectivity index (χ1) is 9.90. The Bertz CT molecular complexity index is 674. The Hall–Kier alpha value is -2.50. The summed E-state index contributed by atoms with van der Waals surface area (Å²) in [6.07, 6.45) is 1.46. The number of hydrogen-bond donors (Lipinski definition) is 1. The van der Waals surface area contributed by atoms with Crippen molar-refractivity contribution in [3.05, 3.63) is 47.8 Å². The number of aromatic nitrogens is 2. The third-order valence-corrected chi connectivity index (χ3v) is 3.06. The number of halogens is 1. The minimum absolute atomic E-state index is 0.0247. The van der Waals surface area contributed by atoms with E-state index in [0.717, 1.165) is 0 Å². The van der Waals surface area contributed by atoms with E-state index in [2.05, 4.69) is 9.97 Å². The molecule has 1 heterocycles. The van der Waals surface area contributed by atoms with Gasteiger partial charge in [0, 0.05) is 18.7 Å². The lowest BCUT2D eigenvalue weighted by Crippen LogP contribution is -2.17. The lowest BCUT2D eigenvalue weighted by molar-refractivity contribution is 0.0690. The fourth-order valence-electron chi connectivity index (χ4n) is 1.89. The van der Waals surface area contributed by atoms with Crippen LogP contribution in [0.3, 0.4) is 0 Å². The van der Waals surface area contributed by atoms with Gasteiger partial charge in [0.15, 0.2) is 5.69 Å². The Morgan fingerprint density at radius 2 is 2.10 bits per heavy atom. The number of carboxylic acid groups (broad SMARTS) is 1. The molecule has 0 bridgehead atoms. The van der Waals surface area contributed by atoms with Gasteiger partial charge in [0.2, 0.25) is 0 Å². The smallest absolute Gasteiger partial charge is 0.356 e. The molecular weight excluding hydrogens is 273 g/mol. The van der Waals surface area contributed by atoms with Crippen molar-refractivity contribution in [3.63, 3.8) is 0 Å². The van der Waals surface area contributed by atoms with E-state index in [-0.39, 0.29) is 11.6 Å². The molecule has 0 aliphatic rings. The Morgan fingerprint density at radius 1 is 1.38 bits per heavy atom. The highest BCUT2D eigenvalue weighted by Gasteiger charge is 2.19. The van der Waals surface area contributed by atoms with Crippen molar-refractivity contribution in [1.29, 1.82) is 0 Å². The second-order valence-electron chi connectivity index (χ2n) is 4.96. The zero-order chi connectivity index (χ0) is 15.6. The lowest BCUT2D eigenvalue weighted by Gasteiger charge is -2.21. The highest BCUT2D eigenvalue weighted by Crippen LogP contribution is 2.27. The van der Waals surface area contributed by atoms with Gasteiger partial charge in [0.25, 0.3) is 0 Å². The van der Waals surface area contributed by atoms with Crippen LogP contribution in [0.1, 0.15) is 36.1 Å². The number of hydrogen-bond acceptors (Lipinski definition) is 4. The average Bonchev–Trinajstić information content (AvgIpc) is 2.45. The molecule has 0 saturated heterocycles. The molecule has 2 aromatic rings. The summed E-state index contributed by atoms with van der Waals surface area (Å²) in [5.41, 5.74) is 0.747. The molecule has 0 amide bonds. The fraction of sp³-hybridized carbons (Fsp3) is 0.267. The Labute approximate surface area is 122 Å². The second kappa shape index (κ2) is 5.87. The van der Waals surface area contributed by atoms with Crippen LogP contribution in [-0.4, -0.2) is 28.1 Å². The zero-order valence-corrected chi connectivity index (χ0v) is 12.0. The largest absolute Gasteiger partial charge is 0.476 e. The first-order valence-corrected chi connectivity index (χ1v) is 6.49. The number of nitrogens with zero attached hydrogens (tertiary/aromatic N) is 3. The molecule has 110 valence electrons. The van der Waals surface area contributed by atoms with Gasteiger partial charge in [-0.2, -0.15) is 0 Å². The van der Waals surface area contributed by atoms with E-state index in [1.165, 1.54) is 18.3 Å². The monoisotopic (exact) mass is 289 g/mol. The standard InChI is InChI=1S/C15H16FN3O2/c1-9(2)14-17-8-12(13(18-14)15(20)21)19(3)11-6-4-5-10(16)7-11/h4-9H,1-3H3,(H,20,21). The van der Waals surface area contributed by atoms with Crippen LogP contribution >= 0.6 is 0 Å².